The van der Waals surface area contributed by atoms with Crippen molar-refractivity contribution in [1.82, 2.24) is 4.31 Å². The molecule has 0 radical (unpaired) electrons. The van der Waals surface area contributed by atoms with E-state index in [1.54, 1.807) is 24.3 Å². The first kappa shape index (κ1) is 22.2. The lowest BCUT2D eigenvalue weighted by Crippen LogP contribution is -2.31. The first-order valence-corrected chi connectivity index (χ1v) is 9.82. The molecular weight excluding hydrogens is 419 g/mol. The number of hydrogen-bond donors (Lipinski definition) is 0. The molecule has 5 nitrogen and oxygen atoms in total. The van der Waals surface area contributed by atoms with Gasteiger partial charge < -0.3 is 4.74 Å². The summed E-state index contributed by atoms with van der Waals surface area (Å²) in [6.07, 6.45) is -4.78. The minimum absolute atomic E-state index is 0.0975. The quantitative estimate of drug-likeness (QED) is 0.609. The zero-order valence-corrected chi connectivity index (χ0v) is 16.5. The lowest BCUT2D eigenvalue weighted by Gasteiger charge is -2.19. The molecule has 0 aromatic heterocycles. The van der Waals surface area contributed by atoms with Crippen LogP contribution in [0, 0.1) is 0 Å². The molecule has 0 N–H and O–H groups in total. The summed E-state index contributed by atoms with van der Waals surface area (Å²) in [5.41, 5.74) is -0.879. The molecule has 152 valence electrons. The van der Waals surface area contributed by atoms with Gasteiger partial charge in [0.1, 0.15) is 12.4 Å². The van der Waals surface area contributed by atoms with Crippen molar-refractivity contribution in [2.24, 2.45) is 0 Å². The summed E-state index contributed by atoms with van der Waals surface area (Å²) in [5.74, 6) is 0.0871. The first-order chi connectivity index (χ1) is 12.9. The number of carbonyl (C=O) groups excluding carboxylic acids is 1. The summed E-state index contributed by atoms with van der Waals surface area (Å²) in [6.45, 7) is 1.13. The van der Waals surface area contributed by atoms with E-state index in [9.17, 15) is 26.4 Å². The number of benzene rings is 2. The van der Waals surface area contributed by atoms with E-state index in [1.807, 2.05) is 0 Å². The Balaban J connectivity index is 2.14. The molecule has 0 unspecified atom stereocenters. The van der Waals surface area contributed by atoms with Crippen molar-refractivity contribution in [2.45, 2.75) is 18.0 Å². The predicted molar refractivity (Wildman–Crippen MR) is 98.2 cm³/mol. The molecule has 0 amide bonds. The number of ether oxygens (including phenoxy) is 1. The van der Waals surface area contributed by atoms with E-state index >= 15 is 0 Å². The summed E-state index contributed by atoms with van der Waals surface area (Å²) >= 11 is 5.53. The van der Waals surface area contributed by atoms with Gasteiger partial charge in [0.05, 0.1) is 21.0 Å². The topological polar surface area (TPSA) is 63.7 Å². The molecule has 0 saturated carbocycles. The molecule has 10 heteroatoms. The van der Waals surface area contributed by atoms with E-state index < -0.39 is 31.7 Å². The Morgan fingerprint density at radius 1 is 1.18 bits per heavy atom. The second kappa shape index (κ2) is 8.50. The van der Waals surface area contributed by atoms with E-state index in [1.165, 1.54) is 14.0 Å². The molecule has 0 fully saturated rings. The number of sulfonamides is 1. The van der Waals surface area contributed by atoms with Crippen LogP contribution < -0.4 is 4.74 Å². The Labute approximate surface area is 165 Å². The van der Waals surface area contributed by atoms with Gasteiger partial charge >= 0.3 is 6.18 Å². The maximum absolute atomic E-state index is 13.0. The van der Waals surface area contributed by atoms with Gasteiger partial charge in [-0.2, -0.15) is 17.5 Å². The van der Waals surface area contributed by atoms with E-state index in [-0.39, 0.29) is 18.9 Å². The van der Waals surface area contributed by atoms with Crippen LogP contribution in [0.5, 0.6) is 5.75 Å². The molecule has 0 spiro atoms. The fourth-order valence-electron chi connectivity index (χ4n) is 2.35. The fraction of sp³-hybridized carbons (Fsp3) is 0.278. The molecule has 0 aliphatic heterocycles. The Kier molecular flexibility index (Phi) is 6.74. The third-order valence-corrected chi connectivity index (χ3v) is 6.06. The minimum atomic E-state index is -4.78. The van der Waals surface area contributed by atoms with Crippen molar-refractivity contribution in [3.05, 3.63) is 58.6 Å². The van der Waals surface area contributed by atoms with Gasteiger partial charge in [0.2, 0.25) is 10.0 Å². The van der Waals surface area contributed by atoms with Gasteiger partial charge in [0.15, 0.2) is 5.78 Å². The normalized spacial score (nSPS) is 12.2. The zero-order valence-electron chi connectivity index (χ0n) is 15.0. The van der Waals surface area contributed by atoms with Crippen LogP contribution in [-0.4, -0.2) is 38.7 Å². The third kappa shape index (κ3) is 5.03. The number of hydrogen-bond acceptors (Lipinski definition) is 4. The molecule has 0 atom stereocenters. The van der Waals surface area contributed by atoms with Crippen molar-refractivity contribution >= 4 is 27.4 Å². The molecule has 0 aliphatic carbocycles. The maximum Gasteiger partial charge on any atom is 0.417 e. The molecule has 28 heavy (non-hydrogen) atoms. The predicted octanol–water partition coefficient (Wildman–Crippen LogP) is 4.26. The smallest absolute Gasteiger partial charge is 0.417 e. The highest BCUT2D eigenvalue weighted by Gasteiger charge is 2.35. The second-order valence-corrected chi connectivity index (χ2v) is 8.32. The number of carbonyl (C=O) groups is 1. The summed E-state index contributed by atoms with van der Waals surface area (Å²) in [7, 11) is -2.97. The van der Waals surface area contributed by atoms with Crippen LogP contribution in [0.3, 0.4) is 0 Å². The van der Waals surface area contributed by atoms with E-state index in [0.29, 0.717) is 17.4 Å². The van der Waals surface area contributed by atoms with Crippen LogP contribution in [-0.2, 0) is 16.2 Å². The van der Waals surface area contributed by atoms with Crippen LogP contribution in [0.15, 0.2) is 47.4 Å². The summed E-state index contributed by atoms with van der Waals surface area (Å²) < 4.78 is 70.3. The minimum Gasteiger partial charge on any atom is -0.491 e. The van der Waals surface area contributed by atoms with Gasteiger partial charge in [0.25, 0.3) is 0 Å². The first-order valence-electron chi connectivity index (χ1n) is 8.00. The van der Waals surface area contributed by atoms with Crippen molar-refractivity contribution in [1.29, 1.82) is 0 Å². The van der Waals surface area contributed by atoms with Crippen molar-refractivity contribution in [3.63, 3.8) is 0 Å². The van der Waals surface area contributed by atoms with E-state index in [2.05, 4.69) is 0 Å². The average Bonchev–Trinajstić information content (AvgIpc) is 2.61. The molecular formula is C18H17ClF3NO4S. The number of para-hydroxylation sites is 1. The van der Waals surface area contributed by atoms with Gasteiger partial charge in [-0.15, -0.1) is 0 Å². The SMILES string of the molecule is CC(=O)c1ccccc1OCCN(C)S(=O)(=O)c1ccc(Cl)c(C(F)(F)F)c1. The lowest BCUT2D eigenvalue weighted by molar-refractivity contribution is -0.137. The van der Waals surface area contributed by atoms with Crippen LogP contribution in [0.4, 0.5) is 13.2 Å². The van der Waals surface area contributed by atoms with E-state index in [4.69, 9.17) is 16.3 Å². The second-order valence-electron chi connectivity index (χ2n) is 5.87. The standard InChI is InChI=1S/C18H17ClF3NO4S/c1-12(24)14-5-3-4-6-17(14)27-10-9-23(2)28(25,26)13-7-8-16(19)15(11-13)18(20,21)22/h3-8,11H,9-10H2,1-2H3. The zero-order chi connectivity index (χ0) is 21.1. The van der Waals surface area contributed by atoms with E-state index in [0.717, 1.165) is 16.4 Å². The largest absolute Gasteiger partial charge is 0.491 e. The monoisotopic (exact) mass is 435 g/mol. The fourth-order valence-corrected chi connectivity index (χ4v) is 3.76. The summed E-state index contributed by atoms with van der Waals surface area (Å²) in [6, 6.07) is 8.87. The van der Waals surface area contributed by atoms with Crippen molar-refractivity contribution < 1.29 is 31.1 Å². The maximum atomic E-state index is 13.0. The number of alkyl halides is 3. The molecule has 0 aliphatic rings. The van der Waals surface area contributed by atoms with Gasteiger partial charge in [-0.3, -0.25) is 4.79 Å². The van der Waals surface area contributed by atoms with Crippen molar-refractivity contribution in [3.8, 4) is 5.75 Å². The van der Waals surface area contributed by atoms with Gasteiger partial charge in [-0.05, 0) is 37.3 Å². The summed E-state index contributed by atoms with van der Waals surface area (Å²) in [4.78, 5) is 11.0. The molecule has 2 aromatic rings. The van der Waals surface area contributed by atoms with Gasteiger partial charge in [-0.25, -0.2) is 8.42 Å². The van der Waals surface area contributed by atoms with Crippen LogP contribution in [0.1, 0.15) is 22.8 Å². The van der Waals surface area contributed by atoms with Crippen LogP contribution >= 0.6 is 11.6 Å². The number of nitrogens with zero attached hydrogens (tertiary/aromatic N) is 1. The number of Topliss-reactive ketones (excluding diaryl/α,β-unsaturated/α-hetero) is 1. The Bertz CT molecular complexity index is 977. The average molecular weight is 436 g/mol. The molecule has 0 bridgehead atoms. The van der Waals surface area contributed by atoms with Crippen molar-refractivity contribution in [2.75, 3.05) is 20.2 Å². The van der Waals surface area contributed by atoms with Crippen LogP contribution in [0.2, 0.25) is 5.02 Å². The Hall–Kier alpha value is -2.10. The highest BCUT2D eigenvalue weighted by molar-refractivity contribution is 7.89. The number of ketones is 1. The van der Waals surface area contributed by atoms with Gasteiger partial charge in [-0.1, -0.05) is 23.7 Å². The highest BCUT2D eigenvalue weighted by atomic mass is 35.5. The molecule has 0 saturated heterocycles. The number of halogens is 4. The molecule has 2 aromatic carbocycles. The molecule has 0 heterocycles. The highest BCUT2D eigenvalue weighted by Crippen LogP contribution is 2.36. The lowest BCUT2D eigenvalue weighted by atomic mass is 10.1. The Morgan fingerprint density at radius 2 is 1.82 bits per heavy atom. The van der Waals surface area contributed by atoms with Crippen LogP contribution in [0.25, 0.3) is 0 Å². The summed E-state index contributed by atoms with van der Waals surface area (Å²) in [5, 5.41) is -0.585. The number of rotatable bonds is 7. The van der Waals surface area contributed by atoms with Gasteiger partial charge in [0, 0.05) is 13.6 Å². The third-order valence-electron chi connectivity index (χ3n) is 3.88. The number of likely N-dealkylation sites (N-methyl/N-ethyl adjacent to an activating group) is 1. The molecule has 2 rings (SSSR count). The Morgan fingerprint density at radius 3 is 2.43 bits per heavy atom.